The highest BCUT2D eigenvalue weighted by molar-refractivity contribution is 7.99. The Bertz CT molecular complexity index is 686. The number of aryl methyl sites for hydroxylation is 1. The van der Waals surface area contributed by atoms with Gasteiger partial charge in [-0.2, -0.15) is 0 Å². The van der Waals surface area contributed by atoms with Crippen LogP contribution in [0.25, 0.3) is 0 Å². The van der Waals surface area contributed by atoms with E-state index < -0.39 is 0 Å². The third-order valence-electron chi connectivity index (χ3n) is 4.15. The number of hydrogen-bond donors (Lipinski definition) is 0. The van der Waals surface area contributed by atoms with Crippen LogP contribution in [-0.2, 0) is 11.8 Å². The van der Waals surface area contributed by atoms with E-state index in [0.717, 1.165) is 35.9 Å². The minimum absolute atomic E-state index is 0.152. The van der Waals surface area contributed by atoms with Crippen LogP contribution in [0.1, 0.15) is 24.4 Å². The average Bonchev–Trinajstić information content (AvgIpc) is 3.21. The van der Waals surface area contributed by atoms with Crippen molar-refractivity contribution < 1.29 is 9.53 Å². The van der Waals surface area contributed by atoms with E-state index in [1.165, 1.54) is 11.8 Å². The zero-order chi connectivity index (χ0) is 16.2. The van der Waals surface area contributed by atoms with Crippen LogP contribution in [0.2, 0.25) is 0 Å². The highest BCUT2D eigenvalue weighted by Crippen LogP contribution is 2.34. The number of carbonyl (C=O) groups excluding carboxylic acids is 1. The summed E-state index contributed by atoms with van der Waals surface area (Å²) in [6, 6.07) is 8.17. The fraction of sp³-hybridized carbons (Fsp3) is 0.412. The first-order valence-electron chi connectivity index (χ1n) is 7.72. The molecule has 1 aliphatic rings. The van der Waals surface area contributed by atoms with Crippen LogP contribution in [0.3, 0.4) is 0 Å². The number of likely N-dealkylation sites (tertiary alicyclic amines) is 1. The summed E-state index contributed by atoms with van der Waals surface area (Å²) in [6.07, 6.45) is 5.69. The molecule has 5 nitrogen and oxygen atoms in total. The normalized spacial score (nSPS) is 17.5. The predicted octanol–water partition coefficient (Wildman–Crippen LogP) is 2.88. The van der Waals surface area contributed by atoms with Gasteiger partial charge in [-0.1, -0.05) is 23.9 Å². The van der Waals surface area contributed by atoms with Crippen molar-refractivity contribution in [2.75, 3.05) is 19.4 Å². The second-order valence-electron chi connectivity index (χ2n) is 5.63. The molecule has 1 amide bonds. The Morgan fingerprint density at radius 2 is 2.35 bits per heavy atom. The first-order chi connectivity index (χ1) is 11.2. The summed E-state index contributed by atoms with van der Waals surface area (Å²) in [6.45, 7) is 0.821. The Morgan fingerprint density at radius 3 is 3.09 bits per heavy atom. The van der Waals surface area contributed by atoms with Crippen molar-refractivity contribution in [2.45, 2.75) is 24.0 Å². The van der Waals surface area contributed by atoms with E-state index >= 15 is 0 Å². The molecule has 1 saturated heterocycles. The minimum Gasteiger partial charge on any atom is -0.497 e. The molecule has 0 saturated carbocycles. The van der Waals surface area contributed by atoms with Gasteiger partial charge in [-0.05, 0) is 30.5 Å². The van der Waals surface area contributed by atoms with Crippen LogP contribution in [0, 0.1) is 0 Å². The van der Waals surface area contributed by atoms with E-state index in [4.69, 9.17) is 4.74 Å². The molecule has 0 radical (unpaired) electrons. The number of ether oxygens (including phenoxy) is 1. The van der Waals surface area contributed by atoms with Gasteiger partial charge in [-0.15, -0.1) is 0 Å². The standard InChI is InChI=1S/C17H21N3O2S/c1-19-10-8-18-17(19)23-12-16(21)20-9-4-7-15(20)13-5-3-6-14(11-13)22-2/h3,5-6,8,10-11,15H,4,7,9,12H2,1-2H3/t15-/m1/s1. The zero-order valence-corrected chi connectivity index (χ0v) is 14.3. The van der Waals surface area contributed by atoms with Gasteiger partial charge in [0.15, 0.2) is 5.16 Å². The number of imidazole rings is 1. The summed E-state index contributed by atoms with van der Waals surface area (Å²) >= 11 is 1.49. The lowest BCUT2D eigenvalue weighted by Crippen LogP contribution is -2.32. The van der Waals surface area contributed by atoms with Crippen LogP contribution in [-0.4, -0.2) is 39.8 Å². The van der Waals surface area contributed by atoms with Crippen LogP contribution in [0.15, 0.2) is 41.8 Å². The summed E-state index contributed by atoms with van der Waals surface area (Å²) in [7, 11) is 3.61. The number of aromatic nitrogens is 2. The van der Waals surface area contributed by atoms with Gasteiger partial charge in [-0.25, -0.2) is 4.98 Å². The van der Waals surface area contributed by atoms with E-state index in [2.05, 4.69) is 11.1 Å². The Morgan fingerprint density at radius 1 is 1.48 bits per heavy atom. The van der Waals surface area contributed by atoms with Crippen molar-refractivity contribution in [3.8, 4) is 5.75 Å². The summed E-state index contributed by atoms with van der Waals surface area (Å²) in [4.78, 5) is 18.9. The van der Waals surface area contributed by atoms with Crippen molar-refractivity contribution in [2.24, 2.45) is 7.05 Å². The molecule has 3 rings (SSSR count). The van der Waals surface area contributed by atoms with Gasteiger partial charge in [0.05, 0.1) is 18.9 Å². The second kappa shape index (κ2) is 7.08. The Kier molecular flexibility index (Phi) is 4.91. The maximum atomic E-state index is 12.6. The van der Waals surface area contributed by atoms with E-state index in [0.29, 0.717) is 5.75 Å². The maximum absolute atomic E-state index is 12.6. The van der Waals surface area contributed by atoms with Crippen molar-refractivity contribution in [1.82, 2.24) is 14.5 Å². The number of thioether (sulfide) groups is 1. The lowest BCUT2D eigenvalue weighted by molar-refractivity contribution is -0.129. The molecular weight excluding hydrogens is 310 g/mol. The van der Waals surface area contributed by atoms with E-state index in [9.17, 15) is 4.79 Å². The molecule has 6 heteroatoms. The van der Waals surface area contributed by atoms with Gasteiger partial charge in [-0.3, -0.25) is 4.79 Å². The molecule has 0 N–H and O–H groups in total. The highest BCUT2D eigenvalue weighted by atomic mass is 32.2. The Balaban J connectivity index is 1.68. The number of rotatable bonds is 5. The molecule has 1 aliphatic heterocycles. The van der Waals surface area contributed by atoms with Gasteiger partial charge >= 0.3 is 0 Å². The lowest BCUT2D eigenvalue weighted by atomic mass is 10.0. The molecule has 1 fully saturated rings. The van der Waals surface area contributed by atoms with Crippen LogP contribution in [0.5, 0.6) is 5.75 Å². The predicted molar refractivity (Wildman–Crippen MR) is 90.6 cm³/mol. The minimum atomic E-state index is 0.152. The molecule has 0 spiro atoms. The van der Waals surface area contributed by atoms with Crippen molar-refractivity contribution >= 4 is 17.7 Å². The second-order valence-corrected chi connectivity index (χ2v) is 6.57. The third kappa shape index (κ3) is 3.52. The van der Waals surface area contributed by atoms with Crippen LogP contribution in [0.4, 0.5) is 0 Å². The summed E-state index contributed by atoms with van der Waals surface area (Å²) in [5.74, 6) is 1.43. The van der Waals surface area contributed by atoms with Crippen LogP contribution < -0.4 is 4.74 Å². The molecule has 2 heterocycles. The highest BCUT2D eigenvalue weighted by Gasteiger charge is 2.30. The smallest absolute Gasteiger partial charge is 0.233 e. The number of methoxy groups -OCH3 is 1. The summed E-state index contributed by atoms with van der Waals surface area (Å²) in [5, 5.41) is 0.871. The number of hydrogen-bond acceptors (Lipinski definition) is 4. The topological polar surface area (TPSA) is 47.4 Å². The lowest BCUT2D eigenvalue weighted by Gasteiger charge is -2.25. The van der Waals surface area contributed by atoms with E-state index in [1.54, 1.807) is 13.3 Å². The van der Waals surface area contributed by atoms with Gasteiger partial charge in [0, 0.05) is 26.0 Å². The van der Waals surface area contributed by atoms with E-state index in [1.807, 2.05) is 40.9 Å². The average molecular weight is 331 g/mol. The fourth-order valence-electron chi connectivity index (χ4n) is 2.96. The monoisotopic (exact) mass is 331 g/mol. The van der Waals surface area contributed by atoms with Crippen molar-refractivity contribution in [1.29, 1.82) is 0 Å². The molecule has 0 unspecified atom stereocenters. The molecule has 1 atom stereocenters. The maximum Gasteiger partial charge on any atom is 0.233 e. The third-order valence-corrected chi connectivity index (χ3v) is 5.20. The SMILES string of the molecule is COc1cccc([C@H]2CCCN2C(=O)CSc2nccn2C)c1. The Hall–Kier alpha value is -1.95. The summed E-state index contributed by atoms with van der Waals surface area (Å²) < 4.78 is 7.23. The van der Waals surface area contributed by atoms with Crippen molar-refractivity contribution in [3.63, 3.8) is 0 Å². The molecule has 0 bridgehead atoms. The van der Waals surface area contributed by atoms with Gasteiger partial charge < -0.3 is 14.2 Å². The first-order valence-corrected chi connectivity index (χ1v) is 8.71. The summed E-state index contributed by atoms with van der Waals surface area (Å²) in [5.41, 5.74) is 1.15. The van der Waals surface area contributed by atoms with Crippen LogP contribution >= 0.6 is 11.8 Å². The molecular formula is C17H21N3O2S. The van der Waals surface area contributed by atoms with Gasteiger partial charge in [0.1, 0.15) is 5.75 Å². The largest absolute Gasteiger partial charge is 0.497 e. The Labute approximate surface area is 140 Å². The number of carbonyl (C=O) groups is 1. The molecule has 1 aromatic carbocycles. The molecule has 1 aromatic heterocycles. The van der Waals surface area contributed by atoms with Gasteiger partial charge in [0.25, 0.3) is 0 Å². The number of amides is 1. The zero-order valence-electron chi connectivity index (χ0n) is 13.4. The first kappa shape index (κ1) is 15.9. The molecule has 23 heavy (non-hydrogen) atoms. The van der Waals surface area contributed by atoms with Crippen molar-refractivity contribution in [3.05, 3.63) is 42.2 Å². The molecule has 122 valence electrons. The molecule has 2 aromatic rings. The quantitative estimate of drug-likeness (QED) is 0.791. The van der Waals surface area contributed by atoms with E-state index in [-0.39, 0.29) is 11.9 Å². The number of nitrogens with zero attached hydrogens (tertiary/aromatic N) is 3. The fourth-order valence-corrected chi connectivity index (χ4v) is 3.78. The van der Waals surface area contributed by atoms with Gasteiger partial charge in [0.2, 0.25) is 5.91 Å². The number of benzene rings is 1. The molecule has 0 aliphatic carbocycles.